The summed E-state index contributed by atoms with van der Waals surface area (Å²) >= 11 is 0. The van der Waals surface area contributed by atoms with Gasteiger partial charge in [-0.25, -0.2) is 4.39 Å². The van der Waals surface area contributed by atoms with Gasteiger partial charge in [0.1, 0.15) is 5.82 Å². The highest BCUT2D eigenvalue weighted by molar-refractivity contribution is 5.80. The molecule has 0 atom stereocenters. The number of rotatable bonds is 6. The average Bonchev–Trinajstić information content (AvgIpc) is 2.34. The molecule has 1 aromatic carbocycles. The number of nitrogens with zero attached hydrogens (tertiary/aromatic N) is 2. The maximum Gasteiger partial charge on any atom is 0.228 e. The second-order valence-corrected chi connectivity index (χ2v) is 5.51. The van der Waals surface area contributed by atoms with Crippen LogP contribution in [0, 0.1) is 11.7 Å². The minimum atomic E-state index is -0.248. The van der Waals surface area contributed by atoms with Gasteiger partial charge in [0.25, 0.3) is 0 Å². The second kappa shape index (κ2) is 6.81. The van der Waals surface area contributed by atoms with Crippen molar-refractivity contribution in [1.82, 2.24) is 15.1 Å². The molecule has 1 fully saturated rings. The van der Waals surface area contributed by atoms with Crippen LogP contribution in [0.1, 0.15) is 5.56 Å². The number of amides is 1. The minimum Gasteiger partial charge on any atom is -0.337 e. The largest absolute Gasteiger partial charge is 0.337 e. The lowest BCUT2D eigenvalue weighted by molar-refractivity contribution is -0.137. The molecule has 1 aliphatic heterocycles. The number of carbonyl (C=O) groups is 1. The lowest BCUT2D eigenvalue weighted by Gasteiger charge is -2.33. The first-order chi connectivity index (χ1) is 9.58. The summed E-state index contributed by atoms with van der Waals surface area (Å²) in [6.45, 7) is 3.20. The van der Waals surface area contributed by atoms with E-state index in [0.29, 0.717) is 18.7 Å². The highest BCUT2D eigenvalue weighted by atomic mass is 19.1. The Labute approximate surface area is 119 Å². The van der Waals surface area contributed by atoms with Crippen LogP contribution in [0.25, 0.3) is 0 Å². The van der Waals surface area contributed by atoms with Gasteiger partial charge in [0.15, 0.2) is 0 Å². The molecule has 0 aliphatic carbocycles. The van der Waals surface area contributed by atoms with Crippen LogP contribution in [0.15, 0.2) is 24.3 Å². The molecule has 0 unspecified atom stereocenters. The summed E-state index contributed by atoms with van der Waals surface area (Å²) in [5.41, 5.74) is 0.576. The molecule has 1 N–H and O–H groups in total. The van der Waals surface area contributed by atoms with Gasteiger partial charge >= 0.3 is 0 Å². The minimum absolute atomic E-state index is 0.0453. The standard InChI is InChI=1S/C15H22FN3O/c1-18(2)7-8-19(15(20)13-9-17-10-13)11-12-5-3-4-6-14(12)16/h3-6,13,17H,7-11H2,1-2H3. The van der Waals surface area contributed by atoms with Crippen LogP contribution in [0.5, 0.6) is 0 Å². The van der Waals surface area contributed by atoms with Crippen LogP contribution in [0.3, 0.4) is 0 Å². The van der Waals surface area contributed by atoms with Gasteiger partial charge in [-0.2, -0.15) is 0 Å². The van der Waals surface area contributed by atoms with Crippen molar-refractivity contribution < 1.29 is 9.18 Å². The van der Waals surface area contributed by atoms with E-state index in [-0.39, 0.29) is 17.6 Å². The monoisotopic (exact) mass is 279 g/mol. The molecule has 20 heavy (non-hydrogen) atoms. The van der Waals surface area contributed by atoms with Gasteiger partial charge in [-0.15, -0.1) is 0 Å². The van der Waals surface area contributed by atoms with Gasteiger partial charge in [-0.05, 0) is 20.2 Å². The summed E-state index contributed by atoms with van der Waals surface area (Å²) in [7, 11) is 3.94. The van der Waals surface area contributed by atoms with Gasteiger partial charge in [0.05, 0.1) is 5.92 Å². The molecule has 1 amide bonds. The van der Waals surface area contributed by atoms with E-state index >= 15 is 0 Å². The van der Waals surface area contributed by atoms with Crippen molar-refractivity contribution in [3.05, 3.63) is 35.6 Å². The smallest absolute Gasteiger partial charge is 0.228 e. The number of nitrogens with one attached hydrogen (secondary N) is 1. The average molecular weight is 279 g/mol. The number of carbonyl (C=O) groups excluding carboxylic acids is 1. The Balaban J connectivity index is 2.05. The molecule has 0 radical (unpaired) electrons. The van der Waals surface area contributed by atoms with Crippen molar-refractivity contribution in [2.75, 3.05) is 40.3 Å². The first kappa shape index (κ1) is 14.9. The van der Waals surface area contributed by atoms with Crippen molar-refractivity contribution in [3.8, 4) is 0 Å². The second-order valence-electron chi connectivity index (χ2n) is 5.51. The first-order valence-corrected chi connectivity index (χ1v) is 6.95. The third kappa shape index (κ3) is 3.77. The SMILES string of the molecule is CN(C)CCN(Cc1ccccc1F)C(=O)C1CNC1. The summed E-state index contributed by atoms with van der Waals surface area (Å²) in [4.78, 5) is 16.2. The third-order valence-electron chi connectivity index (χ3n) is 3.58. The van der Waals surface area contributed by atoms with E-state index < -0.39 is 0 Å². The number of hydrogen-bond donors (Lipinski definition) is 1. The van der Waals surface area contributed by atoms with Crippen LogP contribution in [0.2, 0.25) is 0 Å². The molecule has 4 nitrogen and oxygen atoms in total. The fourth-order valence-corrected chi connectivity index (χ4v) is 2.14. The number of hydrogen-bond acceptors (Lipinski definition) is 3. The molecule has 1 aliphatic rings. The fourth-order valence-electron chi connectivity index (χ4n) is 2.14. The predicted octanol–water partition coefficient (Wildman–Crippen LogP) is 0.935. The Morgan fingerprint density at radius 1 is 1.30 bits per heavy atom. The number of halogens is 1. The molecule has 0 bridgehead atoms. The molecule has 0 aromatic heterocycles. The van der Waals surface area contributed by atoms with Crippen LogP contribution in [-0.4, -0.2) is 56.0 Å². The number of benzene rings is 1. The number of likely N-dealkylation sites (N-methyl/N-ethyl adjacent to an activating group) is 1. The lowest BCUT2D eigenvalue weighted by atomic mass is 10.0. The van der Waals surface area contributed by atoms with Crippen molar-refractivity contribution in [1.29, 1.82) is 0 Å². The molecule has 1 saturated heterocycles. The van der Waals surface area contributed by atoms with Crippen LogP contribution >= 0.6 is 0 Å². The normalized spacial score (nSPS) is 15.2. The summed E-state index contributed by atoms with van der Waals surface area (Å²) in [6.07, 6.45) is 0. The van der Waals surface area contributed by atoms with Gasteiger partial charge < -0.3 is 15.1 Å². The van der Waals surface area contributed by atoms with Crippen molar-refractivity contribution in [2.24, 2.45) is 5.92 Å². The zero-order valence-corrected chi connectivity index (χ0v) is 12.1. The third-order valence-corrected chi connectivity index (χ3v) is 3.58. The van der Waals surface area contributed by atoms with E-state index in [1.807, 2.05) is 19.0 Å². The molecular weight excluding hydrogens is 257 g/mol. The molecule has 110 valence electrons. The van der Waals surface area contributed by atoms with Crippen LogP contribution in [0.4, 0.5) is 4.39 Å². The van der Waals surface area contributed by atoms with Crippen LogP contribution in [-0.2, 0) is 11.3 Å². The van der Waals surface area contributed by atoms with E-state index in [0.717, 1.165) is 19.6 Å². The lowest BCUT2D eigenvalue weighted by Crippen LogP contribution is -2.52. The zero-order chi connectivity index (χ0) is 14.5. The van der Waals surface area contributed by atoms with Crippen LogP contribution < -0.4 is 5.32 Å². The van der Waals surface area contributed by atoms with E-state index in [1.54, 1.807) is 23.1 Å². The zero-order valence-electron chi connectivity index (χ0n) is 12.1. The maximum atomic E-state index is 13.7. The topological polar surface area (TPSA) is 35.6 Å². The molecule has 0 spiro atoms. The van der Waals surface area contributed by atoms with E-state index in [1.165, 1.54) is 6.07 Å². The van der Waals surface area contributed by atoms with Gasteiger partial charge in [0, 0.05) is 38.3 Å². The van der Waals surface area contributed by atoms with E-state index in [4.69, 9.17) is 0 Å². The Morgan fingerprint density at radius 2 is 2.00 bits per heavy atom. The predicted molar refractivity (Wildman–Crippen MR) is 76.7 cm³/mol. The van der Waals surface area contributed by atoms with E-state index in [2.05, 4.69) is 5.32 Å². The van der Waals surface area contributed by atoms with Gasteiger partial charge in [-0.1, -0.05) is 18.2 Å². The molecule has 2 rings (SSSR count). The van der Waals surface area contributed by atoms with Gasteiger partial charge in [-0.3, -0.25) is 4.79 Å². The molecule has 0 saturated carbocycles. The summed E-state index contributed by atoms with van der Waals surface area (Å²) < 4.78 is 13.7. The fraction of sp³-hybridized carbons (Fsp3) is 0.533. The Hall–Kier alpha value is -1.46. The Morgan fingerprint density at radius 3 is 2.55 bits per heavy atom. The van der Waals surface area contributed by atoms with E-state index in [9.17, 15) is 9.18 Å². The highest BCUT2D eigenvalue weighted by Gasteiger charge is 2.29. The summed E-state index contributed by atoms with van der Waals surface area (Å²) in [6, 6.07) is 6.65. The van der Waals surface area contributed by atoms with Crippen molar-refractivity contribution >= 4 is 5.91 Å². The molecule has 1 aromatic rings. The van der Waals surface area contributed by atoms with Crippen molar-refractivity contribution in [2.45, 2.75) is 6.54 Å². The van der Waals surface area contributed by atoms with Crippen molar-refractivity contribution in [3.63, 3.8) is 0 Å². The quantitative estimate of drug-likeness (QED) is 0.841. The maximum absolute atomic E-state index is 13.7. The molecule has 1 heterocycles. The van der Waals surface area contributed by atoms with Gasteiger partial charge in [0.2, 0.25) is 5.91 Å². The summed E-state index contributed by atoms with van der Waals surface area (Å²) in [5, 5.41) is 3.11. The highest BCUT2D eigenvalue weighted by Crippen LogP contribution is 2.14. The Bertz CT molecular complexity index is 460. The Kier molecular flexibility index (Phi) is 5.09. The first-order valence-electron chi connectivity index (χ1n) is 6.95. The summed E-state index contributed by atoms with van der Waals surface area (Å²) in [5.74, 6) is -0.0836. The molecule has 5 heteroatoms. The molecular formula is C15H22FN3O.